The van der Waals surface area contributed by atoms with Gasteiger partial charge < -0.3 is 11.1 Å². The minimum Gasteiger partial charge on any atom is -0.324 e. The molecule has 0 fully saturated rings. The van der Waals surface area contributed by atoms with Gasteiger partial charge in [-0.1, -0.05) is 0 Å². The highest BCUT2D eigenvalue weighted by Crippen LogP contribution is 2.19. The van der Waals surface area contributed by atoms with E-state index in [4.69, 9.17) is 5.73 Å². The molecule has 0 radical (unpaired) electrons. The lowest BCUT2D eigenvalue weighted by Crippen LogP contribution is -2.21. The molecule has 1 heterocycles. The molecule has 0 aromatic carbocycles. The van der Waals surface area contributed by atoms with Crippen molar-refractivity contribution < 1.29 is 4.79 Å². The first kappa shape index (κ1) is 9.15. The van der Waals surface area contributed by atoms with Crippen molar-refractivity contribution in [1.82, 2.24) is 4.98 Å². The van der Waals surface area contributed by atoms with E-state index < -0.39 is 0 Å². The second-order valence-electron chi connectivity index (χ2n) is 2.11. The lowest BCUT2D eigenvalue weighted by molar-refractivity contribution is -0.114. The number of aromatic nitrogens is 1. The largest absolute Gasteiger partial charge is 0.324 e. The van der Waals surface area contributed by atoms with Gasteiger partial charge in [-0.3, -0.25) is 9.78 Å². The third kappa shape index (κ3) is 2.28. The van der Waals surface area contributed by atoms with Crippen LogP contribution in [0.15, 0.2) is 22.9 Å². The van der Waals surface area contributed by atoms with Crippen molar-refractivity contribution in [2.24, 2.45) is 5.73 Å². The maximum absolute atomic E-state index is 10.9. The van der Waals surface area contributed by atoms with Gasteiger partial charge in [-0.15, -0.1) is 0 Å². The highest BCUT2D eigenvalue weighted by molar-refractivity contribution is 9.10. The zero-order valence-corrected chi connectivity index (χ0v) is 7.84. The van der Waals surface area contributed by atoms with Crippen LogP contribution in [0.1, 0.15) is 0 Å². The molecule has 0 aliphatic carbocycles. The van der Waals surface area contributed by atoms with E-state index >= 15 is 0 Å². The molecule has 3 N–H and O–H groups in total. The van der Waals surface area contributed by atoms with Gasteiger partial charge in [0, 0.05) is 12.4 Å². The molecule has 0 atom stereocenters. The summed E-state index contributed by atoms with van der Waals surface area (Å²) in [5, 5.41) is 2.61. The summed E-state index contributed by atoms with van der Waals surface area (Å²) in [5.41, 5.74) is 5.81. The van der Waals surface area contributed by atoms with Crippen molar-refractivity contribution >= 4 is 27.5 Å². The first-order valence-corrected chi connectivity index (χ1v) is 4.12. The number of anilines is 1. The van der Waals surface area contributed by atoms with Crippen molar-refractivity contribution in [2.45, 2.75) is 0 Å². The summed E-state index contributed by atoms with van der Waals surface area (Å²) in [7, 11) is 0. The third-order valence-electron chi connectivity index (χ3n) is 1.23. The van der Waals surface area contributed by atoms with E-state index in [9.17, 15) is 4.79 Å². The Morgan fingerprint density at radius 2 is 2.50 bits per heavy atom. The molecule has 5 heteroatoms. The molecule has 0 spiro atoms. The maximum Gasteiger partial charge on any atom is 0.238 e. The number of nitrogens with two attached hydrogens (primary N) is 1. The van der Waals surface area contributed by atoms with E-state index in [1.807, 2.05) is 0 Å². The Kier molecular flexibility index (Phi) is 3.19. The van der Waals surface area contributed by atoms with Crippen LogP contribution in [0, 0.1) is 0 Å². The smallest absolute Gasteiger partial charge is 0.238 e. The Morgan fingerprint density at radius 3 is 3.08 bits per heavy atom. The molecule has 1 rings (SSSR count). The van der Waals surface area contributed by atoms with Crippen LogP contribution in [-0.4, -0.2) is 17.4 Å². The third-order valence-corrected chi connectivity index (χ3v) is 1.86. The van der Waals surface area contributed by atoms with E-state index in [0.717, 1.165) is 4.47 Å². The van der Waals surface area contributed by atoms with Crippen molar-refractivity contribution in [1.29, 1.82) is 0 Å². The molecular formula is C7H8BrN3O. The van der Waals surface area contributed by atoms with Gasteiger partial charge >= 0.3 is 0 Å². The fourth-order valence-corrected chi connectivity index (χ4v) is 1.03. The van der Waals surface area contributed by atoms with Crippen LogP contribution in [0.4, 0.5) is 5.69 Å². The number of hydrogen-bond donors (Lipinski definition) is 2. The predicted octanol–water partition coefficient (Wildman–Crippen LogP) is 0.741. The second kappa shape index (κ2) is 4.18. The number of hydrogen-bond acceptors (Lipinski definition) is 3. The molecular weight excluding hydrogens is 222 g/mol. The van der Waals surface area contributed by atoms with Crippen LogP contribution < -0.4 is 11.1 Å². The maximum atomic E-state index is 10.9. The molecule has 0 saturated heterocycles. The average molecular weight is 230 g/mol. The van der Waals surface area contributed by atoms with Crippen LogP contribution in [0.25, 0.3) is 0 Å². The average Bonchev–Trinajstić information content (AvgIpc) is 2.09. The number of rotatable bonds is 2. The van der Waals surface area contributed by atoms with Crippen LogP contribution in [0.5, 0.6) is 0 Å². The Morgan fingerprint density at radius 1 is 1.75 bits per heavy atom. The summed E-state index contributed by atoms with van der Waals surface area (Å²) in [6.45, 7) is -0.0191. The van der Waals surface area contributed by atoms with Gasteiger partial charge in [0.05, 0.1) is 16.7 Å². The molecule has 64 valence electrons. The van der Waals surface area contributed by atoms with E-state index in [-0.39, 0.29) is 12.5 Å². The summed E-state index contributed by atoms with van der Waals surface area (Å²) < 4.78 is 0.742. The summed E-state index contributed by atoms with van der Waals surface area (Å²) in [6, 6.07) is 1.69. The Balaban J connectivity index is 2.75. The fourth-order valence-electron chi connectivity index (χ4n) is 0.678. The number of nitrogens with one attached hydrogen (secondary N) is 1. The molecule has 1 aromatic heterocycles. The van der Waals surface area contributed by atoms with E-state index in [2.05, 4.69) is 26.2 Å². The van der Waals surface area contributed by atoms with Crippen molar-refractivity contribution in [3.05, 3.63) is 22.9 Å². The Hall–Kier alpha value is -0.940. The quantitative estimate of drug-likeness (QED) is 0.787. The Bertz CT molecular complexity index is 290. The van der Waals surface area contributed by atoms with Crippen molar-refractivity contribution in [3.63, 3.8) is 0 Å². The highest BCUT2D eigenvalue weighted by atomic mass is 79.9. The minimum absolute atomic E-state index is 0.0191. The van der Waals surface area contributed by atoms with Crippen LogP contribution >= 0.6 is 15.9 Å². The van der Waals surface area contributed by atoms with Crippen molar-refractivity contribution in [3.8, 4) is 0 Å². The topological polar surface area (TPSA) is 68.0 Å². The number of halogens is 1. The van der Waals surface area contributed by atoms with E-state index in [0.29, 0.717) is 5.69 Å². The zero-order valence-electron chi connectivity index (χ0n) is 6.25. The minimum atomic E-state index is -0.220. The van der Waals surface area contributed by atoms with E-state index in [1.165, 1.54) is 0 Å². The fraction of sp³-hybridized carbons (Fsp3) is 0.143. The first-order chi connectivity index (χ1) is 5.74. The van der Waals surface area contributed by atoms with Gasteiger partial charge in [0.25, 0.3) is 0 Å². The van der Waals surface area contributed by atoms with Crippen LogP contribution in [0.2, 0.25) is 0 Å². The molecule has 12 heavy (non-hydrogen) atoms. The molecule has 0 bridgehead atoms. The standard InChI is InChI=1S/C7H8BrN3O/c8-5-4-10-2-1-6(5)11-7(12)3-9/h1-2,4H,3,9H2,(H,10,11,12). The molecule has 0 aliphatic heterocycles. The Labute approximate surface area is 78.3 Å². The monoisotopic (exact) mass is 229 g/mol. The van der Waals surface area contributed by atoms with Gasteiger partial charge in [-0.25, -0.2) is 0 Å². The van der Waals surface area contributed by atoms with Gasteiger partial charge in [-0.2, -0.15) is 0 Å². The summed E-state index contributed by atoms with van der Waals surface area (Å²) >= 11 is 3.24. The molecule has 0 unspecified atom stereocenters. The molecule has 4 nitrogen and oxygen atoms in total. The number of amides is 1. The lowest BCUT2D eigenvalue weighted by atomic mass is 10.4. The summed E-state index contributed by atoms with van der Waals surface area (Å²) in [5.74, 6) is -0.220. The molecule has 0 aliphatic rings. The summed E-state index contributed by atoms with van der Waals surface area (Å²) in [6.07, 6.45) is 3.20. The van der Waals surface area contributed by atoms with Gasteiger partial charge in [-0.05, 0) is 22.0 Å². The van der Waals surface area contributed by atoms with Crippen LogP contribution in [-0.2, 0) is 4.79 Å². The van der Waals surface area contributed by atoms with Crippen LogP contribution in [0.3, 0.4) is 0 Å². The summed E-state index contributed by atoms with van der Waals surface area (Å²) in [4.78, 5) is 14.7. The second-order valence-corrected chi connectivity index (χ2v) is 2.96. The molecule has 1 aromatic rings. The zero-order chi connectivity index (χ0) is 8.97. The number of nitrogens with zero attached hydrogens (tertiary/aromatic N) is 1. The van der Waals surface area contributed by atoms with Gasteiger partial charge in [0.2, 0.25) is 5.91 Å². The molecule has 0 saturated carbocycles. The normalized spacial score (nSPS) is 9.50. The first-order valence-electron chi connectivity index (χ1n) is 3.33. The number of carbonyl (C=O) groups is 1. The van der Waals surface area contributed by atoms with E-state index in [1.54, 1.807) is 18.5 Å². The highest BCUT2D eigenvalue weighted by Gasteiger charge is 2.01. The number of pyridine rings is 1. The SMILES string of the molecule is NCC(=O)Nc1ccncc1Br. The predicted molar refractivity (Wildman–Crippen MR) is 49.6 cm³/mol. The number of carbonyl (C=O) groups excluding carboxylic acids is 1. The van der Waals surface area contributed by atoms with Crippen molar-refractivity contribution in [2.75, 3.05) is 11.9 Å². The van der Waals surface area contributed by atoms with Gasteiger partial charge in [0.15, 0.2) is 0 Å². The molecule has 1 amide bonds. The van der Waals surface area contributed by atoms with Gasteiger partial charge in [0.1, 0.15) is 0 Å². The lowest BCUT2D eigenvalue weighted by Gasteiger charge is -2.03.